The smallest absolute Gasteiger partial charge is 0.249 e. The van der Waals surface area contributed by atoms with Crippen LogP contribution in [0.3, 0.4) is 0 Å². The molecule has 4 aromatic heterocycles. The van der Waals surface area contributed by atoms with Crippen LogP contribution in [0.4, 0.5) is 0 Å². The summed E-state index contributed by atoms with van der Waals surface area (Å²) in [7, 11) is 0.230. The van der Waals surface area contributed by atoms with E-state index in [1.165, 1.54) is 4.57 Å². The first-order chi connectivity index (χ1) is 15.3. The third-order valence-corrected chi connectivity index (χ3v) is 5.80. The van der Waals surface area contributed by atoms with Crippen LogP contribution in [0.1, 0.15) is 0 Å². The molecule has 0 aromatic carbocycles. The van der Waals surface area contributed by atoms with Gasteiger partial charge in [0.15, 0.2) is 16.8 Å². The number of halogens is 3. The van der Waals surface area contributed by atoms with Gasteiger partial charge in [-0.3, -0.25) is 9.97 Å². The van der Waals surface area contributed by atoms with E-state index in [9.17, 15) is 8.42 Å². The standard InChI is InChI=1S/C9H10N4O2S.C9H10N4S.I2.HI/c1-13-8(7-3-5-10-6-4-7)11-12-9(13)16(2,14)15;1-13-8(11-12-9(13)14-2)7-3-5-10-6-4-7;1-2;/h3-6H,1-2H3;3-6H,1-2H3;;1H. The number of sulfone groups is 1. The number of nitrogens with zero attached hydrogens (tertiary/aromatic N) is 8. The predicted octanol–water partition coefficient (Wildman–Crippen LogP) is 4.27. The summed E-state index contributed by atoms with van der Waals surface area (Å²) in [6.45, 7) is 0. The minimum absolute atomic E-state index is 0. The molecule has 0 spiro atoms. The molecular weight excluding hydrogens is 805 g/mol. The molecule has 0 amide bonds. The molecule has 0 aliphatic rings. The molecule has 15 heteroatoms. The average molecular weight is 826 g/mol. The molecular formula is C18H21I3N8O2S2. The van der Waals surface area contributed by atoms with Crippen molar-refractivity contribution in [2.45, 2.75) is 10.3 Å². The summed E-state index contributed by atoms with van der Waals surface area (Å²) < 4.78 is 26.1. The van der Waals surface area contributed by atoms with E-state index < -0.39 is 9.84 Å². The summed E-state index contributed by atoms with van der Waals surface area (Å²) >= 11 is 5.82. The van der Waals surface area contributed by atoms with Crippen LogP contribution in [-0.4, -0.2) is 60.4 Å². The molecule has 0 radical (unpaired) electrons. The van der Waals surface area contributed by atoms with Crippen molar-refractivity contribution in [3.05, 3.63) is 49.1 Å². The largest absolute Gasteiger partial charge is 0.305 e. The Kier molecular flexibility index (Phi) is 13.2. The molecule has 0 aliphatic carbocycles. The van der Waals surface area contributed by atoms with Crippen LogP contribution in [-0.2, 0) is 23.9 Å². The molecule has 0 saturated carbocycles. The van der Waals surface area contributed by atoms with Crippen molar-refractivity contribution in [3.8, 4) is 22.8 Å². The summed E-state index contributed by atoms with van der Waals surface area (Å²) in [4.78, 5) is 7.85. The van der Waals surface area contributed by atoms with E-state index in [0.717, 1.165) is 28.4 Å². The number of thioether (sulfide) groups is 1. The van der Waals surface area contributed by atoms with E-state index in [4.69, 9.17) is 0 Å². The lowest BCUT2D eigenvalue weighted by Crippen LogP contribution is -2.06. The molecule has 33 heavy (non-hydrogen) atoms. The lowest BCUT2D eigenvalue weighted by atomic mass is 10.2. The van der Waals surface area contributed by atoms with Crippen molar-refractivity contribution in [2.75, 3.05) is 12.5 Å². The highest BCUT2D eigenvalue weighted by Crippen LogP contribution is 2.20. The van der Waals surface area contributed by atoms with Gasteiger partial charge in [0, 0.05) is 93.5 Å². The highest BCUT2D eigenvalue weighted by molar-refractivity contribution is 15.0. The molecule has 0 bridgehead atoms. The topological polar surface area (TPSA) is 121 Å². The summed E-state index contributed by atoms with van der Waals surface area (Å²) in [5.74, 6) is 1.37. The van der Waals surface area contributed by atoms with E-state index in [-0.39, 0.29) is 29.1 Å². The lowest BCUT2D eigenvalue weighted by Gasteiger charge is -2.01. The van der Waals surface area contributed by atoms with E-state index in [1.807, 2.05) is 30.0 Å². The molecule has 4 aromatic rings. The highest BCUT2D eigenvalue weighted by Gasteiger charge is 2.18. The Labute approximate surface area is 237 Å². The van der Waals surface area contributed by atoms with E-state index >= 15 is 0 Å². The second-order valence-electron chi connectivity index (χ2n) is 6.18. The van der Waals surface area contributed by atoms with E-state index in [1.54, 1.807) is 55.7 Å². The number of pyridine rings is 2. The van der Waals surface area contributed by atoms with Gasteiger partial charge in [0.1, 0.15) is 0 Å². The number of hydrogen-bond donors (Lipinski definition) is 0. The molecule has 0 aliphatic heterocycles. The minimum Gasteiger partial charge on any atom is -0.305 e. The third-order valence-electron chi connectivity index (χ3n) is 4.06. The van der Waals surface area contributed by atoms with Crippen LogP contribution in [0, 0.1) is 0 Å². The highest BCUT2D eigenvalue weighted by atomic mass is 128. The average Bonchev–Trinajstić information content (AvgIpc) is 3.39. The van der Waals surface area contributed by atoms with Crippen LogP contribution < -0.4 is 0 Å². The number of aromatic nitrogens is 8. The minimum atomic E-state index is -3.35. The first-order valence-electron chi connectivity index (χ1n) is 8.81. The number of rotatable bonds is 4. The first-order valence-corrected chi connectivity index (χ1v) is 18.2. The Morgan fingerprint density at radius 2 is 1.21 bits per heavy atom. The molecule has 4 heterocycles. The van der Waals surface area contributed by atoms with Gasteiger partial charge in [0.25, 0.3) is 0 Å². The first kappa shape index (κ1) is 30.1. The van der Waals surface area contributed by atoms with Gasteiger partial charge in [0.2, 0.25) is 15.0 Å². The maximum Gasteiger partial charge on any atom is 0.249 e. The van der Waals surface area contributed by atoms with Gasteiger partial charge in [-0.1, -0.05) is 11.8 Å². The predicted molar refractivity (Wildman–Crippen MR) is 157 cm³/mol. The SMILES string of the molecule is CSc1nnc(-c2ccncc2)n1C.Cn1c(-c2ccncc2)nnc1S(C)(=O)=O.I.II. The van der Waals surface area contributed by atoms with Crippen LogP contribution in [0.5, 0.6) is 0 Å². The molecule has 0 unspecified atom stereocenters. The molecule has 0 fully saturated rings. The van der Waals surface area contributed by atoms with E-state index in [2.05, 4.69) is 67.6 Å². The maximum atomic E-state index is 11.4. The van der Waals surface area contributed by atoms with Gasteiger partial charge >= 0.3 is 0 Å². The third kappa shape index (κ3) is 8.06. The second-order valence-corrected chi connectivity index (χ2v) is 8.86. The van der Waals surface area contributed by atoms with Crippen molar-refractivity contribution >= 4 is 82.8 Å². The zero-order chi connectivity index (χ0) is 23.7. The Hall–Kier alpha value is -0.930. The Morgan fingerprint density at radius 3 is 1.58 bits per heavy atom. The van der Waals surface area contributed by atoms with Crippen molar-refractivity contribution in [1.82, 2.24) is 39.5 Å². The fourth-order valence-electron chi connectivity index (χ4n) is 2.64. The van der Waals surface area contributed by atoms with Crippen LogP contribution >= 0.6 is 73.0 Å². The Morgan fingerprint density at radius 1 is 0.788 bits per heavy atom. The lowest BCUT2D eigenvalue weighted by molar-refractivity contribution is 0.584. The zero-order valence-electron chi connectivity index (χ0n) is 18.0. The van der Waals surface area contributed by atoms with Crippen LogP contribution in [0.15, 0.2) is 59.4 Å². The van der Waals surface area contributed by atoms with Crippen molar-refractivity contribution < 1.29 is 8.42 Å². The van der Waals surface area contributed by atoms with Gasteiger partial charge < -0.3 is 9.13 Å². The maximum absolute atomic E-state index is 11.4. The van der Waals surface area contributed by atoms with Gasteiger partial charge in [0.05, 0.1) is 0 Å². The van der Waals surface area contributed by atoms with Gasteiger partial charge in [-0.2, -0.15) is 0 Å². The summed E-state index contributed by atoms with van der Waals surface area (Å²) in [5, 5.41) is 16.6. The van der Waals surface area contributed by atoms with Crippen molar-refractivity contribution in [3.63, 3.8) is 0 Å². The van der Waals surface area contributed by atoms with Crippen molar-refractivity contribution in [1.29, 1.82) is 0 Å². The monoisotopic (exact) mass is 826 g/mol. The Balaban J connectivity index is 0.000000301. The fraction of sp³-hybridized carbons (Fsp3) is 0.222. The fourth-order valence-corrected chi connectivity index (χ4v) is 3.89. The van der Waals surface area contributed by atoms with Gasteiger partial charge in [-0.05, 0) is 30.5 Å². The molecule has 0 saturated heterocycles. The quantitative estimate of drug-likeness (QED) is 0.220. The molecule has 4 rings (SSSR count). The van der Waals surface area contributed by atoms with Crippen LogP contribution in [0.2, 0.25) is 0 Å². The number of hydrogen-bond acceptors (Lipinski definition) is 9. The molecule has 0 N–H and O–H groups in total. The van der Waals surface area contributed by atoms with E-state index in [0.29, 0.717) is 5.82 Å². The molecule has 0 atom stereocenters. The Bertz CT molecular complexity index is 1240. The summed E-state index contributed by atoms with van der Waals surface area (Å²) in [6, 6.07) is 7.34. The zero-order valence-corrected chi connectivity index (χ0v) is 26.3. The molecule has 178 valence electrons. The molecule has 10 nitrogen and oxygen atoms in total. The van der Waals surface area contributed by atoms with Crippen LogP contribution in [0.25, 0.3) is 22.8 Å². The summed E-state index contributed by atoms with van der Waals surface area (Å²) in [5.41, 5.74) is 1.82. The summed E-state index contributed by atoms with van der Waals surface area (Å²) in [6.07, 6.45) is 9.83. The second kappa shape index (κ2) is 14.5. The van der Waals surface area contributed by atoms with Gasteiger partial charge in [-0.25, -0.2) is 8.42 Å². The van der Waals surface area contributed by atoms with Gasteiger partial charge in [-0.15, -0.1) is 44.4 Å². The van der Waals surface area contributed by atoms with Crippen molar-refractivity contribution in [2.24, 2.45) is 14.1 Å². The normalized spacial score (nSPS) is 10.2.